The molecule has 0 bridgehead atoms. The van der Waals surface area contributed by atoms with Crippen LogP contribution in [0.4, 0.5) is 0 Å². The lowest BCUT2D eigenvalue weighted by atomic mass is 10.1. The van der Waals surface area contributed by atoms with E-state index in [0.29, 0.717) is 12.1 Å². The first-order chi connectivity index (χ1) is 8.08. The number of halogens is 1. The Kier molecular flexibility index (Phi) is 3.83. The van der Waals surface area contributed by atoms with Gasteiger partial charge in [-0.25, -0.2) is 0 Å². The van der Waals surface area contributed by atoms with Crippen molar-refractivity contribution >= 4 is 39.1 Å². The molecule has 1 aliphatic rings. The standard InChI is InChI=1S/C11H12BrNO3S/c12-9-4-7(6-17-9)11(16)13-3-1-2-8(13)5-10(14)15/h4,6,8H,1-3,5H2,(H,14,15). The summed E-state index contributed by atoms with van der Waals surface area (Å²) in [6.07, 6.45) is 1.70. The quantitative estimate of drug-likeness (QED) is 0.932. The number of nitrogens with zero attached hydrogens (tertiary/aromatic N) is 1. The van der Waals surface area contributed by atoms with Crippen LogP contribution in [0, 0.1) is 0 Å². The van der Waals surface area contributed by atoms with Crippen LogP contribution in [0.1, 0.15) is 29.6 Å². The van der Waals surface area contributed by atoms with E-state index in [4.69, 9.17) is 5.11 Å². The molecule has 1 atom stereocenters. The van der Waals surface area contributed by atoms with E-state index in [1.165, 1.54) is 11.3 Å². The van der Waals surface area contributed by atoms with Crippen molar-refractivity contribution in [1.29, 1.82) is 0 Å². The summed E-state index contributed by atoms with van der Waals surface area (Å²) in [5.41, 5.74) is 0.638. The van der Waals surface area contributed by atoms with Crippen LogP contribution in [-0.2, 0) is 4.79 Å². The highest BCUT2D eigenvalue weighted by molar-refractivity contribution is 9.11. The number of hydrogen-bond acceptors (Lipinski definition) is 3. The summed E-state index contributed by atoms with van der Waals surface area (Å²) in [6.45, 7) is 0.657. The van der Waals surface area contributed by atoms with Gasteiger partial charge in [-0.1, -0.05) is 0 Å². The molecule has 1 amide bonds. The average Bonchev–Trinajstić information content (AvgIpc) is 2.85. The molecular weight excluding hydrogens is 306 g/mol. The van der Waals surface area contributed by atoms with Gasteiger partial charge in [-0.15, -0.1) is 11.3 Å². The van der Waals surface area contributed by atoms with Crippen LogP contribution in [0.2, 0.25) is 0 Å². The fraction of sp³-hybridized carbons (Fsp3) is 0.455. The van der Waals surface area contributed by atoms with Gasteiger partial charge in [-0.3, -0.25) is 9.59 Å². The average molecular weight is 318 g/mol. The molecule has 0 aromatic carbocycles. The van der Waals surface area contributed by atoms with Crippen molar-refractivity contribution in [1.82, 2.24) is 4.90 Å². The van der Waals surface area contributed by atoms with Gasteiger partial charge in [0.2, 0.25) is 0 Å². The van der Waals surface area contributed by atoms with Gasteiger partial charge >= 0.3 is 5.97 Å². The summed E-state index contributed by atoms with van der Waals surface area (Å²) in [5.74, 6) is -0.906. The summed E-state index contributed by atoms with van der Waals surface area (Å²) in [5, 5.41) is 10.6. The lowest BCUT2D eigenvalue weighted by molar-refractivity contribution is -0.137. The molecule has 0 saturated carbocycles. The maximum Gasteiger partial charge on any atom is 0.305 e. The van der Waals surface area contributed by atoms with Crippen LogP contribution in [0.3, 0.4) is 0 Å². The molecule has 1 aromatic heterocycles. The second-order valence-electron chi connectivity index (χ2n) is 4.03. The lowest BCUT2D eigenvalue weighted by Gasteiger charge is -2.22. The van der Waals surface area contributed by atoms with Crippen molar-refractivity contribution in [2.75, 3.05) is 6.54 Å². The molecule has 6 heteroatoms. The zero-order valence-electron chi connectivity index (χ0n) is 9.06. The number of amides is 1. The molecule has 1 N–H and O–H groups in total. The van der Waals surface area contributed by atoms with E-state index >= 15 is 0 Å². The van der Waals surface area contributed by atoms with Crippen molar-refractivity contribution in [3.8, 4) is 0 Å². The zero-order valence-corrected chi connectivity index (χ0v) is 11.5. The molecular formula is C11H12BrNO3S. The predicted octanol–water partition coefficient (Wildman–Crippen LogP) is 2.59. The summed E-state index contributed by atoms with van der Waals surface area (Å²) < 4.78 is 0.912. The number of carbonyl (C=O) groups is 2. The summed E-state index contributed by atoms with van der Waals surface area (Å²) in [6, 6.07) is 1.63. The molecule has 0 radical (unpaired) electrons. The number of thiophene rings is 1. The van der Waals surface area contributed by atoms with Crippen molar-refractivity contribution in [3.63, 3.8) is 0 Å². The number of aliphatic carboxylic acids is 1. The Morgan fingerprint density at radius 1 is 1.59 bits per heavy atom. The van der Waals surface area contributed by atoms with Crippen LogP contribution < -0.4 is 0 Å². The summed E-state index contributed by atoms with van der Waals surface area (Å²) in [4.78, 5) is 24.6. The van der Waals surface area contributed by atoms with Gasteiger partial charge in [0.05, 0.1) is 15.8 Å². The molecule has 1 fully saturated rings. The Morgan fingerprint density at radius 3 is 2.94 bits per heavy atom. The van der Waals surface area contributed by atoms with E-state index in [1.807, 2.05) is 0 Å². The first-order valence-corrected chi connectivity index (χ1v) is 7.02. The van der Waals surface area contributed by atoms with Crippen molar-refractivity contribution in [3.05, 3.63) is 20.8 Å². The molecule has 0 aliphatic carbocycles. The molecule has 1 unspecified atom stereocenters. The minimum absolute atomic E-state index is 0.0387. The largest absolute Gasteiger partial charge is 0.481 e. The van der Waals surface area contributed by atoms with Crippen LogP contribution >= 0.6 is 27.3 Å². The molecule has 1 aromatic rings. The number of carboxylic acids is 1. The smallest absolute Gasteiger partial charge is 0.305 e. The molecule has 4 nitrogen and oxygen atoms in total. The van der Waals surface area contributed by atoms with E-state index in [0.717, 1.165) is 16.6 Å². The molecule has 17 heavy (non-hydrogen) atoms. The monoisotopic (exact) mass is 317 g/mol. The number of hydrogen-bond donors (Lipinski definition) is 1. The van der Waals surface area contributed by atoms with Crippen molar-refractivity contribution in [2.45, 2.75) is 25.3 Å². The van der Waals surface area contributed by atoms with Crippen molar-refractivity contribution in [2.24, 2.45) is 0 Å². The first-order valence-electron chi connectivity index (χ1n) is 5.34. The Morgan fingerprint density at radius 2 is 2.35 bits per heavy atom. The van der Waals surface area contributed by atoms with E-state index in [2.05, 4.69) is 15.9 Å². The molecule has 1 saturated heterocycles. The highest BCUT2D eigenvalue weighted by atomic mass is 79.9. The summed E-state index contributed by atoms with van der Waals surface area (Å²) >= 11 is 4.78. The molecule has 2 rings (SSSR count). The Labute approximate surface area is 111 Å². The molecule has 2 heterocycles. The Bertz CT molecular complexity index is 446. The fourth-order valence-electron chi connectivity index (χ4n) is 2.10. The van der Waals surface area contributed by atoms with E-state index in [1.54, 1.807) is 16.3 Å². The third-order valence-electron chi connectivity index (χ3n) is 2.86. The second-order valence-corrected chi connectivity index (χ2v) is 6.32. The Hall–Kier alpha value is -0.880. The van der Waals surface area contributed by atoms with Gasteiger partial charge in [0.25, 0.3) is 5.91 Å². The van der Waals surface area contributed by atoms with E-state index in [-0.39, 0.29) is 18.4 Å². The third kappa shape index (κ3) is 2.87. The highest BCUT2D eigenvalue weighted by Gasteiger charge is 2.31. The number of rotatable bonds is 3. The van der Waals surface area contributed by atoms with E-state index < -0.39 is 5.97 Å². The zero-order chi connectivity index (χ0) is 12.4. The highest BCUT2D eigenvalue weighted by Crippen LogP contribution is 2.26. The first kappa shape index (κ1) is 12.6. The van der Waals surface area contributed by atoms with Gasteiger partial charge in [-0.2, -0.15) is 0 Å². The van der Waals surface area contributed by atoms with Gasteiger partial charge in [0.15, 0.2) is 0 Å². The number of likely N-dealkylation sites (tertiary alicyclic amines) is 1. The van der Waals surface area contributed by atoms with Crippen LogP contribution in [0.15, 0.2) is 15.2 Å². The normalized spacial score (nSPS) is 19.6. The van der Waals surface area contributed by atoms with Gasteiger partial charge in [0, 0.05) is 18.0 Å². The summed E-state index contributed by atoms with van der Waals surface area (Å²) in [7, 11) is 0. The van der Waals surface area contributed by atoms with Gasteiger partial charge in [0.1, 0.15) is 0 Å². The topological polar surface area (TPSA) is 57.6 Å². The SMILES string of the molecule is O=C(O)CC1CCCN1C(=O)c1csc(Br)c1. The van der Waals surface area contributed by atoms with Gasteiger partial charge < -0.3 is 10.0 Å². The maximum atomic E-state index is 12.2. The van der Waals surface area contributed by atoms with Crippen LogP contribution in [0.5, 0.6) is 0 Å². The van der Waals surface area contributed by atoms with Gasteiger partial charge in [-0.05, 0) is 34.8 Å². The van der Waals surface area contributed by atoms with Crippen molar-refractivity contribution < 1.29 is 14.7 Å². The number of carbonyl (C=O) groups excluding carboxylic acids is 1. The molecule has 1 aliphatic heterocycles. The third-order valence-corrected chi connectivity index (χ3v) is 4.37. The molecule has 0 spiro atoms. The van der Waals surface area contributed by atoms with E-state index in [9.17, 15) is 9.59 Å². The lowest BCUT2D eigenvalue weighted by Crippen LogP contribution is -2.36. The second kappa shape index (κ2) is 5.18. The predicted molar refractivity (Wildman–Crippen MR) is 68.3 cm³/mol. The van der Waals surface area contributed by atoms with Crippen LogP contribution in [0.25, 0.3) is 0 Å². The number of carboxylic acid groups (broad SMARTS) is 1. The molecule has 92 valence electrons. The minimum atomic E-state index is -0.846. The minimum Gasteiger partial charge on any atom is -0.481 e. The Balaban J connectivity index is 2.10. The fourth-order valence-corrected chi connectivity index (χ4v) is 3.24. The van der Waals surface area contributed by atoms with Crippen LogP contribution in [-0.4, -0.2) is 34.5 Å². The maximum absolute atomic E-state index is 12.2.